The SMILES string of the molecule is CC(=O)NCCNCc1ccc(CC(=O)O)cc1. The van der Waals surface area contributed by atoms with Crippen molar-refractivity contribution in [2.45, 2.75) is 19.9 Å². The molecule has 0 atom stereocenters. The Bertz CT molecular complexity index is 401. The van der Waals surface area contributed by atoms with Crippen molar-refractivity contribution >= 4 is 11.9 Å². The third-order valence-corrected chi connectivity index (χ3v) is 2.38. The first-order valence-corrected chi connectivity index (χ1v) is 5.82. The number of rotatable bonds is 7. The summed E-state index contributed by atoms with van der Waals surface area (Å²) in [6, 6.07) is 7.45. The van der Waals surface area contributed by atoms with Gasteiger partial charge in [0, 0.05) is 26.6 Å². The fourth-order valence-electron chi connectivity index (χ4n) is 1.51. The van der Waals surface area contributed by atoms with Crippen LogP contribution in [0.1, 0.15) is 18.1 Å². The third-order valence-electron chi connectivity index (χ3n) is 2.38. The van der Waals surface area contributed by atoms with Crippen molar-refractivity contribution in [1.29, 1.82) is 0 Å². The van der Waals surface area contributed by atoms with Crippen LogP contribution in [0.3, 0.4) is 0 Å². The molecule has 0 fully saturated rings. The molecule has 5 heteroatoms. The first-order valence-electron chi connectivity index (χ1n) is 5.82. The van der Waals surface area contributed by atoms with Gasteiger partial charge in [0.15, 0.2) is 0 Å². The zero-order valence-corrected chi connectivity index (χ0v) is 10.4. The fraction of sp³-hybridized carbons (Fsp3) is 0.385. The molecule has 0 spiro atoms. The molecule has 1 rings (SSSR count). The highest BCUT2D eigenvalue weighted by molar-refractivity contribution is 5.72. The van der Waals surface area contributed by atoms with Gasteiger partial charge in [-0.25, -0.2) is 0 Å². The van der Waals surface area contributed by atoms with Crippen LogP contribution in [0.4, 0.5) is 0 Å². The standard InChI is InChI=1S/C13H18N2O3/c1-10(16)15-7-6-14-9-12-4-2-11(3-5-12)8-13(17)18/h2-5,14H,6-9H2,1H3,(H,15,16)(H,17,18). The highest BCUT2D eigenvalue weighted by atomic mass is 16.4. The van der Waals surface area contributed by atoms with Crippen molar-refractivity contribution in [3.8, 4) is 0 Å². The Hall–Kier alpha value is -1.88. The third kappa shape index (κ3) is 6.00. The topological polar surface area (TPSA) is 78.4 Å². The lowest BCUT2D eigenvalue weighted by Crippen LogP contribution is -2.29. The molecule has 0 saturated heterocycles. The molecule has 1 amide bonds. The van der Waals surface area contributed by atoms with Crippen LogP contribution in [0.5, 0.6) is 0 Å². The van der Waals surface area contributed by atoms with E-state index in [9.17, 15) is 9.59 Å². The van der Waals surface area contributed by atoms with Crippen molar-refractivity contribution in [2.24, 2.45) is 0 Å². The Morgan fingerprint density at radius 1 is 1.11 bits per heavy atom. The maximum atomic E-state index is 10.6. The van der Waals surface area contributed by atoms with Crippen molar-refractivity contribution in [3.05, 3.63) is 35.4 Å². The summed E-state index contributed by atoms with van der Waals surface area (Å²) in [6.45, 7) is 3.50. The summed E-state index contributed by atoms with van der Waals surface area (Å²) in [7, 11) is 0. The minimum Gasteiger partial charge on any atom is -0.481 e. The minimum atomic E-state index is -0.823. The number of amides is 1. The molecule has 5 nitrogen and oxygen atoms in total. The lowest BCUT2D eigenvalue weighted by atomic mass is 10.1. The number of hydrogen-bond acceptors (Lipinski definition) is 3. The molecule has 0 saturated carbocycles. The molecule has 3 N–H and O–H groups in total. The molecule has 1 aromatic rings. The van der Waals surface area contributed by atoms with E-state index < -0.39 is 5.97 Å². The normalized spacial score (nSPS) is 10.1. The van der Waals surface area contributed by atoms with E-state index in [4.69, 9.17) is 5.11 Å². The first-order chi connectivity index (χ1) is 8.58. The first kappa shape index (κ1) is 14.2. The number of carboxylic acids is 1. The molecule has 0 aliphatic heterocycles. The van der Waals surface area contributed by atoms with Gasteiger partial charge in [0.05, 0.1) is 6.42 Å². The molecule has 98 valence electrons. The Morgan fingerprint density at radius 3 is 2.28 bits per heavy atom. The van der Waals surface area contributed by atoms with Crippen molar-refractivity contribution in [3.63, 3.8) is 0 Å². The molecule has 0 unspecified atom stereocenters. The van der Waals surface area contributed by atoms with Crippen LogP contribution in [0.25, 0.3) is 0 Å². The molecule has 0 aliphatic rings. The highest BCUT2D eigenvalue weighted by Gasteiger charge is 2.00. The minimum absolute atomic E-state index is 0.0326. The van der Waals surface area contributed by atoms with Crippen molar-refractivity contribution in [2.75, 3.05) is 13.1 Å². The molecule has 0 aliphatic carbocycles. The van der Waals surface area contributed by atoms with Gasteiger partial charge in [-0.2, -0.15) is 0 Å². The van der Waals surface area contributed by atoms with E-state index >= 15 is 0 Å². The van der Waals surface area contributed by atoms with E-state index in [0.29, 0.717) is 19.6 Å². The Labute approximate surface area is 106 Å². The summed E-state index contributed by atoms with van der Waals surface area (Å²) in [5, 5.41) is 14.5. The second kappa shape index (κ2) is 7.45. The molecule has 18 heavy (non-hydrogen) atoms. The van der Waals surface area contributed by atoms with Crippen LogP contribution in [0.2, 0.25) is 0 Å². The van der Waals surface area contributed by atoms with Gasteiger partial charge in [0.1, 0.15) is 0 Å². The second-order valence-electron chi connectivity index (χ2n) is 4.05. The van der Waals surface area contributed by atoms with Gasteiger partial charge in [0.25, 0.3) is 0 Å². The number of hydrogen-bond donors (Lipinski definition) is 3. The number of carbonyl (C=O) groups excluding carboxylic acids is 1. The lowest BCUT2D eigenvalue weighted by Gasteiger charge is -2.06. The summed E-state index contributed by atoms with van der Waals surface area (Å²) < 4.78 is 0. The number of aliphatic carboxylic acids is 1. The zero-order chi connectivity index (χ0) is 13.4. The summed E-state index contributed by atoms with van der Waals surface area (Å²) in [5.41, 5.74) is 1.89. The molecule has 0 bridgehead atoms. The largest absolute Gasteiger partial charge is 0.481 e. The molecule has 0 aromatic heterocycles. The number of carboxylic acid groups (broad SMARTS) is 1. The van der Waals surface area contributed by atoms with Gasteiger partial charge in [-0.15, -0.1) is 0 Å². The van der Waals surface area contributed by atoms with E-state index in [1.165, 1.54) is 6.92 Å². The average molecular weight is 250 g/mol. The van der Waals surface area contributed by atoms with Crippen molar-refractivity contribution < 1.29 is 14.7 Å². The van der Waals surface area contributed by atoms with E-state index in [0.717, 1.165) is 11.1 Å². The van der Waals surface area contributed by atoms with Gasteiger partial charge in [-0.3, -0.25) is 9.59 Å². The van der Waals surface area contributed by atoms with Gasteiger partial charge >= 0.3 is 5.97 Å². The zero-order valence-electron chi connectivity index (χ0n) is 10.4. The molecule has 0 heterocycles. The summed E-state index contributed by atoms with van der Waals surface area (Å²) in [4.78, 5) is 21.1. The monoisotopic (exact) mass is 250 g/mol. The van der Waals surface area contributed by atoms with Gasteiger partial charge < -0.3 is 15.7 Å². The van der Waals surface area contributed by atoms with Crippen molar-refractivity contribution in [1.82, 2.24) is 10.6 Å². The predicted octanol–water partition coefficient (Wildman–Crippen LogP) is 0.539. The van der Waals surface area contributed by atoms with Gasteiger partial charge in [-0.1, -0.05) is 24.3 Å². The Balaban J connectivity index is 2.26. The number of benzene rings is 1. The highest BCUT2D eigenvalue weighted by Crippen LogP contribution is 2.04. The van der Waals surface area contributed by atoms with Crippen LogP contribution < -0.4 is 10.6 Å². The summed E-state index contributed by atoms with van der Waals surface area (Å²) in [6.07, 6.45) is 0.0518. The molecule has 1 aromatic carbocycles. The molecular weight excluding hydrogens is 232 g/mol. The van der Waals surface area contributed by atoms with E-state index in [1.54, 1.807) is 0 Å². The predicted molar refractivity (Wildman–Crippen MR) is 68.2 cm³/mol. The summed E-state index contributed by atoms with van der Waals surface area (Å²) in [5.74, 6) is -0.856. The van der Waals surface area contributed by atoms with E-state index in [1.807, 2.05) is 24.3 Å². The quantitative estimate of drug-likeness (QED) is 0.617. The number of carbonyl (C=O) groups is 2. The smallest absolute Gasteiger partial charge is 0.307 e. The van der Waals surface area contributed by atoms with Gasteiger partial charge in [-0.05, 0) is 11.1 Å². The number of nitrogens with one attached hydrogen (secondary N) is 2. The Kier molecular flexibility index (Phi) is 5.87. The van der Waals surface area contributed by atoms with Crippen LogP contribution in [0, 0.1) is 0 Å². The van der Waals surface area contributed by atoms with Crippen LogP contribution >= 0.6 is 0 Å². The van der Waals surface area contributed by atoms with Gasteiger partial charge in [0.2, 0.25) is 5.91 Å². The lowest BCUT2D eigenvalue weighted by molar-refractivity contribution is -0.136. The van der Waals surface area contributed by atoms with Crippen LogP contribution in [-0.4, -0.2) is 30.1 Å². The van der Waals surface area contributed by atoms with Crippen LogP contribution in [0.15, 0.2) is 24.3 Å². The second-order valence-corrected chi connectivity index (χ2v) is 4.05. The molecule has 0 radical (unpaired) electrons. The average Bonchev–Trinajstić information content (AvgIpc) is 2.30. The maximum Gasteiger partial charge on any atom is 0.307 e. The Morgan fingerprint density at radius 2 is 1.72 bits per heavy atom. The molecular formula is C13H18N2O3. The summed E-state index contributed by atoms with van der Waals surface area (Å²) >= 11 is 0. The fourth-order valence-corrected chi connectivity index (χ4v) is 1.51. The maximum absolute atomic E-state index is 10.6. The van der Waals surface area contributed by atoms with E-state index in [-0.39, 0.29) is 12.3 Å². The van der Waals surface area contributed by atoms with E-state index in [2.05, 4.69) is 10.6 Å². The van der Waals surface area contributed by atoms with Crippen LogP contribution in [-0.2, 0) is 22.6 Å².